The lowest BCUT2D eigenvalue weighted by Gasteiger charge is -2.32. The average molecular weight is 548 g/mol. The normalized spacial score (nSPS) is 19.6. The van der Waals surface area contributed by atoms with E-state index < -0.39 is 22.0 Å². The first-order valence-corrected chi connectivity index (χ1v) is 14.1. The van der Waals surface area contributed by atoms with E-state index >= 15 is 0 Å². The molecule has 2 saturated heterocycles. The minimum Gasteiger partial charge on any atom is -0.491 e. The van der Waals surface area contributed by atoms with Crippen LogP contribution in [-0.4, -0.2) is 75.2 Å². The number of hydrogen-bond donors (Lipinski definition) is 4. The number of para-hydroxylation sites is 1. The molecule has 2 fully saturated rings. The van der Waals surface area contributed by atoms with Crippen LogP contribution in [0.5, 0.6) is 5.75 Å². The minimum atomic E-state index is -4.13. The van der Waals surface area contributed by atoms with Crippen molar-refractivity contribution in [2.24, 2.45) is 5.73 Å². The molecule has 2 aliphatic heterocycles. The van der Waals surface area contributed by atoms with E-state index in [1.54, 1.807) is 12.1 Å². The molecule has 0 spiro atoms. The highest BCUT2D eigenvalue weighted by Crippen LogP contribution is 2.37. The number of halogens is 1. The standard InChI is InChI=1S/C25H30ClN5O5S/c26-16-12-20-22(21(13-16)29-17-6-8-28-9-7-17)30-23(25(27)32)24(20)37(33,34)31-10-11-35-19(14-31)15-36-18-4-2-1-3-5-18/h1-5,12-13,17,19,28-30H,6-11,14-15H2,(H2,27,32)/t19-/m0/s1. The van der Waals surface area contributed by atoms with Gasteiger partial charge in [-0.15, -0.1) is 0 Å². The van der Waals surface area contributed by atoms with E-state index in [1.165, 1.54) is 4.31 Å². The summed E-state index contributed by atoms with van der Waals surface area (Å²) in [5.41, 5.74) is 6.60. The number of carbonyl (C=O) groups is 1. The van der Waals surface area contributed by atoms with Gasteiger partial charge < -0.3 is 30.8 Å². The third-order valence-electron chi connectivity index (χ3n) is 6.65. The van der Waals surface area contributed by atoms with Crippen LogP contribution in [0, 0.1) is 0 Å². The number of nitrogens with two attached hydrogens (primary N) is 1. The number of carbonyl (C=O) groups excluding carboxylic acids is 1. The molecule has 3 aromatic rings. The van der Waals surface area contributed by atoms with Gasteiger partial charge in [-0.2, -0.15) is 4.31 Å². The second kappa shape index (κ2) is 10.9. The summed E-state index contributed by atoms with van der Waals surface area (Å²) >= 11 is 6.43. The maximum Gasteiger partial charge on any atom is 0.266 e. The number of sulfonamides is 1. The molecule has 1 amide bonds. The summed E-state index contributed by atoms with van der Waals surface area (Å²) in [6.07, 6.45) is 1.33. The number of piperidine rings is 1. The molecule has 3 heterocycles. The summed E-state index contributed by atoms with van der Waals surface area (Å²) in [5.74, 6) is -0.196. The fraction of sp³-hybridized carbons (Fsp3) is 0.400. The van der Waals surface area contributed by atoms with E-state index in [0.717, 1.165) is 25.9 Å². The molecule has 2 aromatic carbocycles. The molecule has 198 valence electrons. The highest BCUT2D eigenvalue weighted by atomic mass is 35.5. The third-order valence-corrected chi connectivity index (χ3v) is 8.82. The fourth-order valence-corrected chi connectivity index (χ4v) is 6.83. The number of ether oxygens (including phenoxy) is 2. The zero-order chi connectivity index (χ0) is 26.0. The summed E-state index contributed by atoms with van der Waals surface area (Å²) in [4.78, 5) is 15.2. The summed E-state index contributed by atoms with van der Waals surface area (Å²) in [7, 11) is -4.13. The first-order chi connectivity index (χ1) is 17.8. The van der Waals surface area contributed by atoms with Gasteiger partial charge in [0.2, 0.25) is 10.0 Å². The van der Waals surface area contributed by atoms with E-state index in [0.29, 0.717) is 27.4 Å². The van der Waals surface area contributed by atoms with Crippen molar-refractivity contribution in [3.63, 3.8) is 0 Å². The van der Waals surface area contributed by atoms with Crippen LogP contribution < -0.4 is 21.1 Å². The molecular formula is C25H30ClN5O5S. The van der Waals surface area contributed by atoms with E-state index in [-0.39, 0.29) is 42.9 Å². The Hall–Kier alpha value is -2.83. The first kappa shape index (κ1) is 25.8. The molecular weight excluding hydrogens is 518 g/mol. The van der Waals surface area contributed by atoms with Crippen LogP contribution in [0.15, 0.2) is 47.4 Å². The summed E-state index contributed by atoms with van der Waals surface area (Å²) in [5, 5.41) is 7.45. The van der Waals surface area contributed by atoms with Gasteiger partial charge in [-0.25, -0.2) is 8.42 Å². The minimum absolute atomic E-state index is 0.0702. The number of fused-ring (bicyclic) bond motifs is 1. The average Bonchev–Trinajstić information content (AvgIpc) is 3.30. The first-order valence-electron chi connectivity index (χ1n) is 12.2. The molecule has 12 heteroatoms. The van der Waals surface area contributed by atoms with Crippen LogP contribution in [-0.2, 0) is 14.8 Å². The van der Waals surface area contributed by atoms with Crippen molar-refractivity contribution >= 4 is 44.1 Å². The number of nitrogens with one attached hydrogen (secondary N) is 3. The van der Waals surface area contributed by atoms with E-state index in [2.05, 4.69) is 15.6 Å². The van der Waals surface area contributed by atoms with Gasteiger partial charge in [0, 0.05) is 29.5 Å². The van der Waals surface area contributed by atoms with Gasteiger partial charge in [0.15, 0.2) is 0 Å². The lowest BCUT2D eigenvalue weighted by atomic mass is 10.1. The van der Waals surface area contributed by atoms with Crippen molar-refractivity contribution in [2.75, 3.05) is 44.7 Å². The quantitative estimate of drug-likeness (QED) is 0.340. The monoisotopic (exact) mass is 547 g/mol. The van der Waals surface area contributed by atoms with Crippen LogP contribution in [0.1, 0.15) is 23.3 Å². The van der Waals surface area contributed by atoms with Crippen LogP contribution in [0.25, 0.3) is 10.9 Å². The van der Waals surface area contributed by atoms with Gasteiger partial charge in [-0.1, -0.05) is 29.8 Å². The Morgan fingerprint density at radius 3 is 2.70 bits per heavy atom. The van der Waals surface area contributed by atoms with Crippen molar-refractivity contribution in [3.05, 3.63) is 53.2 Å². The van der Waals surface area contributed by atoms with E-state index in [1.807, 2.05) is 30.3 Å². The van der Waals surface area contributed by atoms with Gasteiger partial charge in [0.05, 0.1) is 17.8 Å². The van der Waals surface area contributed by atoms with Crippen molar-refractivity contribution in [2.45, 2.75) is 29.9 Å². The number of rotatable bonds is 8. The Balaban J connectivity index is 1.46. The lowest BCUT2D eigenvalue weighted by Crippen LogP contribution is -2.47. The largest absolute Gasteiger partial charge is 0.491 e. The molecule has 2 aliphatic rings. The molecule has 5 rings (SSSR count). The molecule has 10 nitrogen and oxygen atoms in total. The zero-order valence-corrected chi connectivity index (χ0v) is 21.8. The number of aromatic amines is 1. The Bertz CT molecular complexity index is 1380. The molecule has 0 saturated carbocycles. The molecule has 0 aliphatic carbocycles. The summed E-state index contributed by atoms with van der Waals surface area (Å²) in [6.45, 7) is 2.34. The Kier molecular flexibility index (Phi) is 7.59. The predicted octanol–water partition coefficient (Wildman–Crippen LogP) is 2.55. The number of amides is 1. The fourth-order valence-electron chi connectivity index (χ4n) is 4.82. The maximum absolute atomic E-state index is 14.0. The number of H-pyrrole nitrogens is 1. The van der Waals surface area contributed by atoms with Crippen molar-refractivity contribution in [1.82, 2.24) is 14.6 Å². The van der Waals surface area contributed by atoms with E-state index in [9.17, 15) is 13.2 Å². The number of benzene rings is 2. The number of aromatic nitrogens is 1. The number of morpholine rings is 1. The van der Waals surface area contributed by atoms with Crippen molar-refractivity contribution in [1.29, 1.82) is 0 Å². The van der Waals surface area contributed by atoms with Crippen molar-refractivity contribution in [3.8, 4) is 5.75 Å². The highest BCUT2D eigenvalue weighted by Gasteiger charge is 2.36. The van der Waals surface area contributed by atoms with Gasteiger partial charge in [0.25, 0.3) is 5.91 Å². The zero-order valence-electron chi connectivity index (χ0n) is 20.2. The third kappa shape index (κ3) is 5.55. The van der Waals surface area contributed by atoms with Gasteiger partial charge in [-0.3, -0.25) is 4.79 Å². The smallest absolute Gasteiger partial charge is 0.266 e. The Morgan fingerprint density at radius 1 is 1.22 bits per heavy atom. The Morgan fingerprint density at radius 2 is 1.97 bits per heavy atom. The molecule has 1 atom stereocenters. The number of hydrogen-bond acceptors (Lipinski definition) is 7. The van der Waals surface area contributed by atoms with Crippen LogP contribution in [0.3, 0.4) is 0 Å². The second-order valence-electron chi connectivity index (χ2n) is 9.22. The number of nitrogens with zero attached hydrogens (tertiary/aromatic N) is 1. The lowest BCUT2D eigenvalue weighted by molar-refractivity contribution is -0.0249. The number of anilines is 1. The van der Waals surface area contributed by atoms with Crippen molar-refractivity contribution < 1.29 is 22.7 Å². The molecule has 0 unspecified atom stereocenters. The van der Waals surface area contributed by atoms with Crippen LogP contribution in [0.4, 0.5) is 5.69 Å². The molecule has 0 bridgehead atoms. The number of primary amides is 1. The van der Waals surface area contributed by atoms with E-state index in [4.69, 9.17) is 26.8 Å². The summed E-state index contributed by atoms with van der Waals surface area (Å²) < 4.78 is 40.8. The Labute approximate surface area is 220 Å². The molecule has 0 radical (unpaired) electrons. The van der Waals surface area contributed by atoms with Crippen LogP contribution >= 0.6 is 11.6 Å². The highest BCUT2D eigenvalue weighted by molar-refractivity contribution is 7.89. The molecule has 1 aromatic heterocycles. The molecule has 37 heavy (non-hydrogen) atoms. The van der Waals surface area contributed by atoms with Gasteiger partial charge >= 0.3 is 0 Å². The maximum atomic E-state index is 14.0. The van der Waals surface area contributed by atoms with Gasteiger partial charge in [-0.05, 0) is 50.2 Å². The summed E-state index contributed by atoms with van der Waals surface area (Å²) in [6, 6.07) is 12.7. The molecule has 5 N–H and O–H groups in total. The predicted molar refractivity (Wildman–Crippen MR) is 142 cm³/mol. The van der Waals surface area contributed by atoms with Gasteiger partial charge in [0.1, 0.15) is 29.0 Å². The topological polar surface area (TPSA) is 139 Å². The second-order valence-corrected chi connectivity index (χ2v) is 11.5. The SMILES string of the molecule is NC(=O)c1[nH]c2c(NC3CCNCC3)cc(Cl)cc2c1S(=O)(=O)N1CCO[C@H](COc2ccccc2)C1. The van der Waals surface area contributed by atoms with Crippen LogP contribution in [0.2, 0.25) is 5.02 Å².